The van der Waals surface area contributed by atoms with Crippen molar-refractivity contribution in [1.29, 1.82) is 0 Å². The maximum atomic E-state index is 13.3. The number of sulfonamides is 1. The van der Waals surface area contributed by atoms with E-state index in [0.717, 1.165) is 14.8 Å². The molecule has 3 aromatic carbocycles. The highest BCUT2D eigenvalue weighted by Crippen LogP contribution is 2.29. The molecule has 0 spiro atoms. The molecule has 5 nitrogen and oxygen atoms in total. The molecule has 0 aliphatic heterocycles. The van der Waals surface area contributed by atoms with E-state index < -0.39 is 15.9 Å². The monoisotopic (exact) mass is 460 g/mol. The molecular weight excluding hydrogens is 440 g/mol. The van der Waals surface area contributed by atoms with E-state index in [1.54, 1.807) is 42.5 Å². The van der Waals surface area contributed by atoms with Gasteiger partial charge in [0.1, 0.15) is 6.54 Å². The van der Waals surface area contributed by atoms with Crippen LogP contribution in [0.4, 0.5) is 11.4 Å². The van der Waals surface area contributed by atoms with Crippen LogP contribution < -0.4 is 9.62 Å². The van der Waals surface area contributed by atoms with E-state index in [9.17, 15) is 13.2 Å². The molecule has 0 radical (unpaired) electrons. The van der Waals surface area contributed by atoms with Crippen LogP contribution in [0.5, 0.6) is 0 Å². The highest BCUT2D eigenvalue weighted by atomic mass is 35.5. The first-order chi connectivity index (χ1) is 14.3. The summed E-state index contributed by atoms with van der Waals surface area (Å²) >= 11 is 7.73. The van der Waals surface area contributed by atoms with E-state index in [1.165, 1.54) is 23.9 Å². The Morgan fingerprint density at radius 2 is 1.70 bits per heavy atom. The van der Waals surface area contributed by atoms with Crippen LogP contribution in [0.25, 0.3) is 0 Å². The summed E-state index contributed by atoms with van der Waals surface area (Å²) in [6.45, 7) is 1.44. The molecule has 1 amide bonds. The topological polar surface area (TPSA) is 66.5 Å². The van der Waals surface area contributed by atoms with Crippen LogP contribution in [0.15, 0.2) is 82.6 Å². The van der Waals surface area contributed by atoms with Gasteiger partial charge in [0.25, 0.3) is 10.0 Å². The predicted octanol–water partition coefficient (Wildman–Crippen LogP) is 5.20. The van der Waals surface area contributed by atoms with Gasteiger partial charge in [0.15, 0.2) is 0 Å². The van der Waals surface area contributed by atoms with E-state index in [4.69, 9.17) is 11.6 Å². The third kappa shape index (κ3) is 4.98. The Labute approximate surface area is 186 Å². The summed E-state index contributed by atoms with van der Waals surface area (Å²) < 4.78 is 27.8. The van der Waals surface area contributed by atoms with Gasteiger partial charge >= 0.3 is 0 Å². The smallest absolute Gasteiger partial charge is 0.264 e. The molecule has 0 saturated carbocycles. The molecule has 0 bridgehead atoms. The Morgan fingerprint density at radius 3 is 2.37 bits per heavy atom. The molecule has 3 rings (SSSR count). The van der Waals surface area contributed by atoms with Gasteiger partial charge in [-0.25, -0.2) is 8.42 Å². The van der Waals surface area contributed by atoms with Gasteiger partial charge in [0.2, 0.25) is 5.91 Å². The maximum absolute atomic E-state index is 13.3. The maximum Gasteiger partial charge on any atom is 0.264 e. The molecule has 0 fully saturated rings. The lowest BCUT2D eigenvalue weighted by Gasteiger charge is -2.24. The molecule has 156 valence electrons. The molecule has 0 atom stereocenters. The number of hydrogen-bond acceptors (Lipinski definition) is 4. The molecule has 0 aliphatic carbocycles. The Kier molecular flexibility index (Phi) is 7.07. The number of amides is 1. The molecule has 3 aromatic rings. The number of hydrogen-bond donors (Lipinski definition) is 1. The first kappa shape index (κ1) is 22.2. The van der Waals surface area contributed by atoms with Crippen molar-refractivity contribution < 1.29 is 13.2 Å². The number of anilines is 2. The molecule has 0 saturated heterocycles. The summed E-state index contributed by atoms with van der Waals surface area (Å²) in [6.07, 6.45) is 1.91. The van der Waals surface area contributed by atoms with Gasteiger partial charge in [-0.15, -0.1) is 11.8 Å². The number of aryl methyl sites for hydroxylation is 1. The quantitative estimate of drug-likeness (QED) is 0.492. The molecule has 30 heavy (non-hydrogen) atoms. The van der Waals surface area contributed by atoms with Gasteiger partial charge in [0, 0.05) is 9.92 Å². The molecule has 0 heterocycles. The van der Waals surface area contributed by atoms with Crippen LogP contribution >= 0.6 is 23.4 Å². The van der Waals surface area contributed by atoms with Crippen molar-refractivity contribution in [2.24, 2.45) is 0 Å². The standard InChI is InChI=1S/C22H21ClN2O3S2/c1-16-12-13-17(14-19(16)23)25(30(27,28)18-8-4-3-5-9-18)15-22(26)24-20-10-6-7-11-21(20)29-2/h3-14H,15H2,1-2H3,(H,24,26). The molecule has 0 aliphatic rings. The normalized spacial score (nSPS) is 11.2. The van der Waals surface area contributed by atoms with Crippen molar-refractivity contribution in [1.82, 2.24) is 0 Å². The van der Waals surface area contributed by atoms with Crippen molar-refractivity contribution in [3.63, 3.8) is 0 Å². The summed E-state index contributed by atoms with van der Waals surface area (Å²) in [5.41, 5.74) is 1.77. The lowest BCUT2D eigenvalue weighted by atomic mass is 10.2. The first-order valence-electron chi connectivity index (χ1n) is 9.09. The number of halogens is 1. The van der Waals surface area contributed by atoms with Crippen LogP contribution in [0, 0.1) is 6.92 Å². The minimum absolute atomic E-state index is 0.0963. The predicted molar refractivity (Wildman–Crippen MR) is 124 cm³/mol. The number of benzene rings is 3. The lowest BCUT2D eigenvalue weighted by Crippen LogP contribution is -2.38. The number of thioether (sulfide) groups is 1. The zero-order valence-electron chi connectivity index (χ0n) is 16.5. The third-order valence-corrected chi connectivity index (χ3v) is 7.43. The second-order valence-electron chi connectivity index (χ2n) is 6.51. The highest BCUT2D eigenvalue weighted by molar-refractivity contribution is 7.98. The summed E-state index contributed by atoms with van der Waals surface area (Å²) in [5, 5.41) is 3.24. The van der Waals surface area contributed by atoms with Crippen LogP contribution in [-0.2, 0) is 14.8 Å². The van der Waals surface area contributed by atoms with E-state index in [-0.39, 0.29) is 11.4 Å². The Balaban J connectivity index is 1.97. The van der Waals surface area contributed by atoms with Gasteiger partial charge in [-0.1, -0.05) is 48.0 Å². The van der Waals surface area contributed by atoms with E-state index in [2.05, 4.69) is 5.32 Å². The fourth-order valence-corrected chi connectivity index (χ4v) is 5.00. The highest BCUT2D eigenvalue weighted by Gasteiger charge is 2.27. The number of para-hydroxylation sites is 1. The van der Waals surface area contributed by atoms with E-state index in [1.807, 2.05) is 31.4 Å². The first-order valence-corrected chi connectivity index (χ1v) is 12.1. The second kappa shape index (κ2) is 9.55. The molecule has 1 N–H and O–H groups in total. The van der Waals surface area contributed by atoms with Crippen LogP contribution in [0.3, 0.4) is 0 Å². The van der Waals surface area contributed by atoms with Crippen molar-refractivity contribution in [3.05, 3.63) is 83.4 Å². The fraction of sp³-hybridized carbons (Fsp3) is 0.136. The molecule has 8 heteroatoms. The number of carbonyl (C=O) groups is 1. The van der Waals surface area contributed by atoms with Gasteiger partial charge in [-0.3, -0.25) is 9.10 Å². The minimum atomic E-state index is -3.98. The van der Waals surface area contributed by atoms with Crippen molar-refractivity contribution in [3.8, 4) is 0 Å². The molecular formula is C22H21ClN2O3S2. The van der Waals surface area contributed by atoms with Gasteiger partial charge in [0.05, 0.1) is 16.3 Å². The zero-order valence-corrected chi connectivity index (χ0v) is 18.9. The van der Waals surface area contributed by atoms with E-state index >= 15 is 0 Å². The summed E-state index contributed by atoms with van der Waals surface area (Å²) in [5.74, 6) is -0.451. The van der Waals surface area contributed by atoms with Crippen molar-refractivity contribution >= 4 is 50.7 Å². The minimum Gasteiger partial charge on any atom is -0.323 e. The SMILES string of the molecule is CSc1ccccc1NC(=O)CN(c1ccc(C)c(Cl)c1)S(=O)(=O)c1ccccc1. The number of carbonyl (C=O) groups excluding carboxylic acids is 1. The van der Waals surface area contributed by atoms with Crippen LogP contribution in [0.1, 0.15) is 5.56 Å². The molecule has 0 aromatic heterocycles. The number of nitrogens with one attached hydrogen (secondary N) is 1. The number of nitrogens with zero attached hydrogens (tertiary/aromatic N) is 1. The average Bonchev–Trinajstić information content (AvgIpc) is 2.75. The van der Waals surface area contributed by atoms with Gasteiger partial charge in [-0.05, 0) is 55.1 Å². The fourth-order valence-electron chi connectivity index (χ4n) is 2.84. The number of rotatable bonds is 7. The lowest BCUT2D eigenvalue weighted by molar-refractivity contribution is -0.114. The van der Waals surface area contributed by atoms with Gasteiger partial charge in [-0.2, -0.15) is 0 Å². The third-order valence-electron chi connectivity index (χ3n) is 4.44. The summed E-state index contributed by atoms with van der Waals surface area (Å²) in [4.78, 5) is 13.8. The summed E-state index contributed by atoms with van der Waals surface area (Å²) in [6, 6.07) is 20.3. The van der Waals surface area contributed by atoms with Crippen molar-refractivity contribution in [2.45, 2.75) is 16.7 Å². The Hall–Kier alpha value is -2.48. The molecule has 0 unspecified atom stereocenters. The summed E-state index contributed by atoms with van der Waals surface area (Å²) in [7, 11) is -3.98. The van der Waals surface area contributed by atoms with Gasteiger partial charge < -0.3 is 5.32 Å². The van der Waals surface area contributed by atoms with Crippen molar-refractivity contribution in [2.75, 3.05) is 22.4 Å². The Morgan fingerprint density at radius 1 is 1.03 bits per heavy atom. The second-order valence-corrected chi connectivity index (χ2v) is 9.62. The van der Waals surface area contributed by atoms with Crippen LogP contribution in [0.2, 0.25) is 5.02 Å². The average molecular weight is 461 g/mol. The van der Waals surface area contributed by atoms with Crippen LogP contribution in [-0.4, -0.2) is 27.1 Å². The van der Waals surface area contributed by atoms with E-state index in [0.29, 0.717) is 16.4 Å². The zero-order chi connectivity index (χ0) is 21.7. The Bertz CT molecular complexity index is 1150. The largest absolute Gasteiger partial charge is 0.323 e.